The number of aromatic nitrogens is 1. The van der Waals surface area contributed by atoms with Crippen molar-refractivity contribution in [1.82, 2.24) is 4.98 Å². The Kier molecular flexibility index (Phi) is 2.22. The predicted octanol–water partition coefficient (Wildman–Crippen LogP) is 2.88. The average molecular weight is 224 g/mol. The number of nitrogens with zero attached hydrogens (tertiary/aromatic N) is 1. The van der Waals surface area contributed by atoms with Crippen molar-refractivity contribution in [3.05, 3.63) is 35.5 Å². The molecule has 2 aromatic rings. The molecule has 3 rings (SSSR count). The van der Waals surface area contributed by atoms with Crippen molar-refractivity contribution >= 4 is 16.7 Å². The van der Waals surface area contributed by atoms with Crippen LogP contribution in [0.2, 0.25) is 0 Å². The Morgan fingerprint density at radius 3 is 3.00 bits per heavy atom. The van der Waals surface area contributed by atoms with Crippen molar-refractivity contribution in [3.8, 4) is 6.07 Å². The number of rotatable bonds is 1. The normalized spacial score (nSPS) is 19.7. The van der Waals surface area contributed by atoms with Crippen LogP contribution in [0.1, 0.15) is 36.3 Å². The lowest BCUT2D eigenvalue weighted by atomic mass is 9.95. The Bertz CT molecular complexity index is 633. The van der Waals surface area contributed by atoms with E-state index in [4.69, 9.17) is 5.26 Å². The van der Waals surface area contributed by atoms with Crippen molar-refractivity contribution in [1.29, 1.82) is 5.26 Å². The van der Waals surface area contributed by atoms with Crippen molar-refractivity contribution < 1.29 is 4.79 Å². The minimum atomic E-state index is 0.283. The fourth-order valence-corrected chi connectivity index (χ4v) is 2.71. The van der Waals surface area contributed by atoms with Gasteiger partial charge >= 0.3 is 0 Å². The number of hydrogen-bond acceptors (Lipinski definition) is 2. The molecule has 3 heteroatoms. The van der Waals surface area contributed by atoms with E-state index < -0.39 is 0 Å². The maximum absolute atomic E-state index is 11.4. The van der Waals surface area contributed by atoms with Crippen LogP contribution in [0.25, 0.3) is 10.9 Å². The average Bonchev–Trinajstić information content (AvgIpc) is 2.94. The monoisotopic (exact) mass is 224 g/mol. The Morgan fingerprint density at radius 1 is 1.41 bits per heavy atom. The lowest BCUT2D eigenvalue weighted by Crippen LogP contribution is -1.93. The van der Waals surface area contributed by atoms with Gasteiger partial charge in [-0.25, -0.2) is 0 Å². The number of nitrogens with one attached hydrogen (secondary N) is 1. The summed E-state index contributed by atoms with van der Waals surface area (Å²) in [5, 5.41) is 10.1. The van der Waals surface area contributed by atoms with Gasteiger partial charge in [-0.05, 0) is 30.0 Å². The zero-order valence-corrected chi connectivity index (χ0v) is 9.36. The molecule has 3 nitrogen and oxygen atoms in total. The number of hydrogen-bond donors (Lipinski definition) is 1. The van der Waals surface area contributed by atoms with Crippen molar-refractivity contribution in [2.45, 2.75) is 25.2 Å². The molecule has 0 spiro atoms. The first kappa shape index (κ1) is 10.1. The molecule has 0 amide bonds. The van der Waals surface area contributed by atoms with E-state index in [1.54, 1.807) is 0 Å². The SMILES string of the molecule is N#Cc1cccc2[nH]cc(C3CCC(=O)C3)c12. The van der Waals surface area contributed by atoms with Gasteiger partial charge in [-0.3, -0.25) is 4.79 Å². The van der Waals surface area contributed by atoms with E-state index in [0.717, 1.165) is 22.9 Å². The van der Waals surface area contributed by atoms with Gasteiger partial charge in [0, 0.05) is 29.9 Å². The summed E-state index contributed by atoms with van der Waals surface area (Å²) >= 11 is 0. The standard InChI is InChI=1S/C14H12N2O/c15-7-10-2-1-3-13-14(10)12(8-16-13)9-4-5-11(17)6-9/h1-3,8-9,16H,4-6H2. The number of carbonyl (C=O) groups is 1. The van der Waals surface area contributed by atoms with Gasteiger partial charge in [-0.2, -0.15) is 5.26 Å². The molecule has 1 heterocycles. The summed E-state index contributed by atoms with van der Waals surface area (Å²) in [5.41, 5.74) is 2.81. The number of carbonyl (C=O) groups excluding carboxylic acids is 1. The summed E-state index contributed by atoms with van der Waals surface area (Å²) in [7, 11) is 0. The number of ketones is 1. The predicted molar refractivity (Wildman–Crippen MR) is 64.6 cm³/mol. The third-order valence-corrected chi connectivity index (χ3v) is 3.54. The zero-order valence-electron chi connectivity index (χ0n) is 9.36. The second-order valence-corrected chi connectivity index (χ2v) is 4.56. The second-order valence-electron chi connectivity index (χ2n) is 4.56. The Morgan fingerprint density at radius 2 is 2.29 bits per heavy atom. The number of nitriles is 1. The van der Waals surface area contributed by atoms with Crippen LogP contribution in [0.4, 0.5) is 0 Å². The van der Waals surface area contributed by atoms with Crippen LogP contribution in [0.5, 0.6) is 0 Å². The summed E-state index contributed by atoms with van der Waals surface area (Å²) in [4.78, 5) is 14.6. The molecule has 1 aliphatic carbocycles. The molecule has 1 N–H and O–H groups in total. The molecule has 1 aromatic carbocycles. The van der Waals surface area contributed by atoms with Crippen LogP contribution < -0.4 is 0 Å². The number of aromatic amines is 1. The maximum Gasteiger partial charge on any atom is 0.133 e. The van der Waals surface area contributed by atoms with Crippen molar-refractivity contribution in [2.24, 2.45) is 0 Å². The highest BCUT2D eigenvalue weighted by Gasteiger charge is 2.26. The number of Topliss-reactive ketones (excluding diaryl/α,β-unsaturated/α-hetero) is 1. The highest BCUT2D eigenvalue weighted by atomic mass is 16.1. The quantitative estimate of drug-likeness (QED) is 0.809. The summed E-state index contributed by atoms with van der Waals surface area (Å²) in [6.45, 7) is 0. The molecule has 1 saturated carbocycles. The van der Waals surface area contributed by atoms with Crippen LogP contribution in [0.15, 0.2) is 24.4 Å². The van der Waals surface area contributed by atoms with E-state index in [1.807, 2.05) is 24.4 Å². The van der Waals surface area contributed by atoms with E-state index in [1.165, 1.54) is 0 Å². The molecule has 17 heavy (non-hydrogen) atoms. The Labute approximate surface area is 99.1 Å². The van der Waals surface area contributed by atoms with E-state index in [0.29, 0.717) is 24.2 Å². The van der Waals surface area contributed by atoms with Gasteiger partial charge in [-0.1, -0.05) is 6.07 Å². The van der Waals surface area contributed by atoms with Gasteiger partial charge < -0.3 is 4.98 Å². The van der Waals surface area contributed by atoms with Gasteiger partial charge in [0.1, 0.15) is 5.78 Å². The first-order valence-corrected chi connectivity index (χ1v) is 5.81. The fourth-order valence-electron chi connectivity index (χ4n) is 2.71. The first-order chi connectivity index (χ1) is 8.29. The van der Waals surface area contributed by atoms with E-state index >= 15 is 0 Å². The minimum Gasteiger partial charge on any atom is -0.361 e. The molecule has 0 saturated heterocycles. The summed E-state index contributed by atoms with van der Waals surface area (Å²) in [6, 6.07) is 7.90. The van der Waals surface area contributed by atoms with Crippen LogP contribution in [0.3, 0.4) is 0 Å². The molecular weight excluding hydrogens is 212 g/mol. The molecule has 1 aromatic heterocycles. The van der Waals surface area contributed by atoms with Gasteiger partial charge in [0.15, 0.2) is 0 Å². The molecule has 1 aliphatic rings. The molecule has 0 bridgehead atoms. The Balaban J connectivity index is 2.17. The molecule has 84 valence electrons. The van der Waals surface area contributed by atoms with Gasteiger partial charge in [0.05, 0.1) is 11.6 Å². The van der Waals surface area contributed by atoms with Crippen LogP contribution in [-0.2, 0) is 4.79 Å². The van der Waals surface area contributed by atoms with Gasteiger partial charge in [0.2, 0.25) is 0 Å². The third-order valence-electron chi connectivity index (χ3n) is 3.54. The third kappa shape index (κ3) is 1.53. The minimum absolute atomic E-state index is 0.283. The molecule has 0 radical (unpaired) electrons. The highest BCUT2D eigenvalue weighted by molar-refractivity contribution is 5.91. The topological polar surface area (TPSA) is 56.6 Å². The summed E-state index contributed by atoms with van der Waals surface area (Å²) in [5.74, 6) is 0.615. The van der Waals surface area contributed by atoms with E-state index in [9.17, 15) is 4.79 Å². The Hall–Kier alpha value is -2.08. The van der Waals surface area contributed by atoms with E-state index in [-0.39, 0.29) is 5.92 Å². The van der Waals surface area contributed by atoms with Gasteiger partial charge in [0.25, 0.3) is 0 Å². The zero-order chi connectivity index (χ0) is 11.8. The molecular formula is C14H12N2O. The number of benzene rings is 1. The summed E-state index contributed by atoms with van der Waals surface area (Å²) in [6.07, 6.45) is 4.15. The summed E-state index contributed by atoms with van der Waals surface area (Å²) < 4.78 is 0. The van der Waals surface area contributed by atoms with Crippen LogP contribution in [-0.4, -0.2) is 10.8 Å². The smallest absolute Gasteiger partial charge is 0.133 e. The number of H-pyrrole nitrogens is 1. The number of fused-ring (bicyclic) bond motifs is 1. The molecule has 1 unspecified atom stereocenters. The maximum atomic E-state index is 11.4. The van der Waals surface area contributed by atoms with Crippen LogP contribution in [0, 0.1) is 11.3 Å². The lowest BCUT2D eigenvalue weighted by molar-refractivity contribution is -0.117. The molecule has 0 aliphatic heterocycles. The molecule has 1 fully saturated rings. The van der Waals surface area contributed by atoms with Crippen molar-refractivity contribution in [3.63, 3.8) is 0 Å². The first-order valence-electron chi connectivity index (χ1n) is 5.81. The highest BCUT2D eigenvalue weighted by Crippen LogP contribution is 2.37. The lowest BCUT2D eigenvalue weighted by Gasteiger charge is -2.07. The van der Waals surface area contributed by atoms with Gasteiger partial charge in [-0.15, -0.1) is 0 Å². The van der Waals surface area contributed by atoms with Crippen molar-refractivity contribution in [2.75, 3.05) is 0 Å². The molecule has 1 atom stereocenters. The largest absolute Gasteiger partial charge is 0.361 e. The second kappa shape index (κ2) is 3.74. The van der Waals surface area contributed by atoms with E-state index in [2.05, 4.69) is 11.1 Å². The van der Waals surface area contributed by atoms with Crippen LogP contribution >= 0.6 is 0 Å². The fraction of sp³-hybridized carbons (Fsp3) is 0.286.